The van der Waals surface area contributed by atoms with E-state index >= 15 is 0 Å². The van der Waals surface area contributed by atoms with Crippen molar-refractivity contribution in [3.05, 3.63) is 40.1 Å². The number of nitrogens with two attached hydrogens (primary N) is 1. The van der Waals surface area contributed by atoms with Crippen molar-refractivity contribution in [3.63, 3.8) is 0 Å². The zero-order valence-electron chi connectivity index (χ0n) is 24.5. The van der Waals surface area contributed by atoms with Crippen LogP contribution in [0.5, 0.6) is 6.01 Å². The molecule has 1 aromatic heterocycles. The highest BCUT2D eigenvalue weighted by Gasteiger charge is 2.50. The van der Waals surface area contributed by atoms with E-state index in [1.165, 1.54) is 0 Å². The Morgan fingerprint density at radius 3 is 2.76 bits per heavy atom. The Balaban J connectivity index is 1.30. The lowest BCUT2D eigenvalue weighted by Crippen LogP contribution is -2.44. The first-order chi connectivity index (χ1) is 19.7. The van der Waals surface area contributed by atoms with Gasteiger partial charge in [0.2, 0.25) is 0 Å². The van der Waals surface area contributed by atoms with Crippen LogP contribution in [0.4, 0.5) is 15.9 Å². The third-order valence-corrected chi connectivity index (χ3v) is 10.8. The van der Waals surface area contributed by atoms with Crippen LogP contribution in [0.15, 0.2) is 12.1 Å². The number of aromatic nitrogens is 2. The molecule has 41 heavy (non-hydrogen) atoms. The highest BCUT2D eigenvalue weighted by atomic mass is 19.1. The number of anilines is 2. The highest BCUT2D eigenvalue weighted by Crippen LogP contribution is 2.51. The second-order valence-electron chi connectivity index (χ2n) is 13.3. The van der Waals surface area contributed by atoms with Crippen molar-refractivity contribution >= 4 is 11.5 Å². The molecular weight excluding hydrogens is 519 g/mol. The lowest BCUT2D eigenvalue weighted by atomic mass is 9.69. The number of alkyl halides is 1. The normalized spacial score (nSPS) is 34.4. The van der Waals surface area contributed by atoms with Crippen LogP contribution in [0.3, 0.4) is 0 Å². The third-order valence-electron chi connectivity index (χ3n) is 10.8. The molecule has 218 valence electrons. The molecule has 3 saturated heterocycles. The maximum atomic E-state index is 14.5. The predicted molar refractivity (Wildman–Crippen MR) is 155 cm³/mol. The van der Waals surface area contributed by atoms with Crippen molar-refractivity contribution in [3.8, 4) is 12.1 Å². The van der Waals surface area contributed by atoms with Crippen LogP contribution >= 0.6 is 0 Å². The summed E-state index contributed by atoms with van der Waals surface area (Å²) in [6.45, 7) is 8.89. The number of hydrogen-bond donors (Lipinski definition) is 1. The van der Waals surface area contributed by atoms with E-state index in [4.69, 9.17) is 25.2 Å². The van der Waals surface area contributed by atoms with Crippen LogP contribution in [0.1, 0.15) is 99.6 Å². The fraction of sp³-hybridized carbons (Fsp3) is 0.656. The molecule has 2 N–H and O–H groups in total. The average Bonchev–Trinajstić information content (AvgIpc) is 3.60. The van der Waals surface area contributed by atoms with Gasteiger partial charge < -0.3 is 20.1 Å². The molecule has 5 heterocycles. The Morgan fingerprint density at radius 1 is 1.17 bits per heavy atom. The summed E-state index contributed by atoms with van der Waals surface area (Å²) in [6, 6.07) is 7.36. The molecule has 1 aromatic carbocycles. The average molecular weight is 561 g/mol. The van der Waals surface area contributed by atoms with E-state index in [1.54, 1.807) is 0 Å². The van der Waals surface area contributed by atoms with Crippen molar-refractivity contribution in [1.82, 2.24) is 14.9 Å². The first-order valence-corrected chi connectivity index (χ1v) is 15.4. The Hall–Kier alpha value is -2.96. The van der Waals surface area contributed by atoms with Gasteiger partial charge in [0.25, 0.3) is 0 Å². The van der Waals surface area contributed by atoms with Crippen LogP contribution in [-0.4, -0.2) is 58.4 Å². The van der Waals surface area contributed by atoms with Gasteiger partial charge in [0.15, 0.2) is 0 Å². The van der Waals surface area contributed by atoms with Gasteiger partial charge in [-0.2, -0.15) is 15.2 Å². The van der Waals surface area contributed by atoms with E-state index in [-0.39, 0.29) is 5.54 Å². The van der Waals surface area contributed by atoms with Gasteiger partial charge in [-0.3, -0.25) is 4.90 Å². The highest BCUT2D eigenvalue weighted by molar-refractivity contribution is 5.64. The number of hydrogen-bond acceptors (Lipinski definition) is 8. The molecule has 4 aliphatic heterocycles. The van der Waals surface area contributed by atoms with Gasteiger partial charge in [-0.1, -0.05) is 13.0 Å². The van der Waals surface area contributed by atoms with E-state index in [9.17, 15) is 9.65 Å². The number of benzene rings is 1. The molecule has 6 unspecified atom stereocenters. The second-order valence-corrected chi connectivity index (χ2v) is 13.3. The molecule has 2 aromatic rings. The molecular formula is C32H41FN6O2. The zero-order valence-corrected chi connectivity index (χ0v) is 24.5. The molecule has 0 radical (unpaired) electrons. The molecule has 0 bridgehead atoms. The van der Waals surface area contributed by atoms with Gasteiger partial charge in [0.1, 0.15) is 30.3 Å². The van der Waals surface area contributed by atoms with Gasteiger partial charge >= 0.3 is 6.01 Å². The Morgan fingerprint density at radius 2 is 1.98 bits per heavy atom. The summed E-state index contributed by atoms with van der Waals surface area (Å²) >= 11 is 0. The fourth-order valence-corrected chi connectivity index (χ4v) is 8.57. The molecule has 0 saturated carbocycles. The van der Waals surface area contributed by atoms with E-state index in [0.29, 0.717) is 67.9 Å². The largest absolute Gasteiger partial charge is 0.461 e. The standard InChI is InChI=1S/C32H41FN6O2/c1-19-9-11-32(28-23(19)7-8-26(35)24(28)15-34)14-27-25(17-41-32)29(39-20(2)5-6-21(39)3)37-30(36-27)40-18-31-10-4-12-38(31)16-22(33)13-31/h7-8,19-22H,4-6,9-14,16-18,35H2,1-3H3. The van der Waals surface area contributed by atoms with Crippen molar-refractivity contribution < 1.29 is 13.9 Å². The van der Waals surface area contributed by atoms with E-state index in [1.807, 2.05) is 6.07 Å². The summed E-state index contributed by atoms with van der Waals surface area (Å²) in [5.41, 5.74) is 10.4. The molecule has 0 amide bonds. The number of nitriles is 1. The summed E-state index contributed by atoms with van der Waals surface area (Å²) in [7, 11) is 0. The van der Waals surface area contributed by atoms with Crippen LogP contribution in [-0.2, 0) is 23.4 Å². The minimum atomic E-state index is -0.808. The van der Waals surface area contributed by atoms with Crippen molar-refractivity contribution in [1.29, 1.82) is 5.26 Å². The van der Waals surface area contributed by atoms with E-state index < -0.39 is 11.8 Å². The number of fused-ring (bicyclic) bond motifs is 4. The summed E-state index contributed by atoms with van der Waals surface area (Å²) in [5, 5.41) is 10.2. The number of rotatable bonds is 4. The van der Waals surface area contributed by atoms with E-state index in [2.05, 4.69) is 42.7 Å². The zero-order chi connectivity index (χ0) is 28.5. The minimum absolute atomic E-state index is 0.269. The first-order valence-electron chi connectivity index (χ1n) is 15.4. The maximum Gasteiger partial charge on any atom is 0.318 e. The lowest BCUT2D eigenvalue weighted by Gasteiger charge is -2.45. The van der Waals surface area contributed by atoms with Crippen LogP contribution < -0.4 is 15.4 Å². The second kappa shape index (κ2) is 9.81. The lowest BCUT2D eigenvalue weighted by molar-refractivity contribution is -0.0873. The van der Waals surface area contributed by atoms with Gasteiger partial charge in [-0.05, 0) is 76.5 Å². The van der Waals surface area contributed by atoms with E-state index in [0.717, 1.165) is 73.3 Å². The van der Waals surface area contributed by atoms with Crippen molar-refractivity contribution in [2.75, 3.05) is 30.3 Å². The van der Waals surface area contributed by atoms with Gasteiger partial charge in [-0.15, -0.1) is 0 Å². The first kappa shape index (κ1) is 26.9. The number of nitrogen functional groups attached to an aromatic ring is 1. The smallest absolute Gasteiger partial charge is 0.318 e. The molecule has 7 rings (SSSR count). The molecule has 1 aliphatic carbocycles. The molecule has 8 nitrogen and oxygen atoms in total. The Labute approximate surface area is 242 Å². The van der Waals surface area contributed by atoms with Crippen molar-refractivity contribution in [2.24, 2.45) is 0 Å². The minimum Gasteiger partial charge on any atom is -0.461 e. The molecule has 3 fully saturated rings. The number of halogens is 1. The van der Waals surface area contributed by atoms with Crippen molar-refractivity contribution in [2.45, 2.75) is 114 Å². The topological polar surface area (TPSA) is 101 Å². The van der Waals surface area contributed by atoms with Gasteiger partial charge in [-0.25, -0.2) is 4.39 Å². The quantitative estimate of drug-likeness (QED) is 0.514. The monoisotopic (exact) mass is 560 g/mol. The molecule has 6 atom stereocenters. The molecule has 5 aliphatic rings. The predicted octanol–water partition coefficient (Wildman–Crippen LogP) is 5.13. The fourth-order valence-electron chi connectivity index (χ4n) is 8.57. The summed E-state index contributed by atoms with van der Waals surface area (Å²) < 4.78 is 27.7. The maximum absolute atomic E-state index is 14.5. The summed E-state index contributed by atoms with van der Waals surface area (Å²) in [4.78, 5) is 14.7. The summed E-state index contributed by atoms with van der Waals surface area (Å²) in [5.74, 6) is 1.21. The number of ether oxygens (including phenoxy) is 2. The summed E-state index contributed by atoms with van der Waals surface area (Å²) in [6.07, 6.45) is 6.20. The van der Waals surface area contributed by atoms with Crippen LogP contribution in [0.2, 0.25) is 0 Å². The van der Waals surface area contributed by atoms with Gasteiger partial charge in [0.05, 0.1) is 23.4 Å². The SMILES string of the molecule is CC1CCC2(Cc3nc(OCC45CCCN4CC(F)C5)nc(N4C(C)CCC4C)c3CO2)c2c1ccc(N)c2C#N. The van der Waals surface area contributed by atoms with Gasteiger partial charge in [0, 0.05) is 48.3 Å². The van der Waals surface area contributed by atoms with Crippen LogP contribution in [0.25, 0.3) is 0 Å². The molecule has 1 spiro atoms. The number of nitrogens with zero attached hydrogens (tertiary/aromatic N) is 5. The molecule has 9 heteroatoms. The Kier molecular flexibility index (Phi) is 6.44. The Bertz CT molecular complexity index is 1400. The third kappa shape index (κ3) is 4.20. The van der Waals surface area contributed by atoms with Crippen LogP contribution in [0, 0.1) is 11.3 Å².